The van der Waals surface area contributed by atoms with Gasteiger partial charge in [-0.1, -0.05) is 32.1 Å². The van der Waals surface area contributed by atoms with E-state index < -0.39 is 0 Å². The lowest BCUT2D eigenvalue weighted by atomic mass is 9.69. The molecule has 4 heterocycles. The summed E-state index contributed by atoms with van der Waals surface area (Å²) in [5.41, 5.74) is 2.49. The first kappa shape index (κ1) is 19.3. The van der Waals surface area contributed by atoms with Crippen molar-refractivity contribution in [3.05, 3.63) is 17.3 Å². The lowest BCUT2D eigenvalue weighted by molar-refractivity contribution is -0.149. The number of carbonyl (C=O) groups is 1. The van der Waals surface area contributed by atoms with Crippen LogP contribution in [-0.4, -0.2) is 46.2 Å². The second-order valence-corrected chi connectivity index (χ2v) is 10.2. The first-order valence-electron chi connectivity index (χ1n) is 12.0. The third-order valence-electron chi connectivity index (χ3n) is 8.43. The molecule has 0 unspecified atom stereocenters. The van der Waals surface area contributed by atoms with Gasteiger partial charge in [0.25, 0.3) is 0 Å². The standard InChI is InChI=1S/C24H36N4O/c1-16-13-25-26-24(17(16)2)27-14-19-12-20(15-27)22(11-18-7-4-3-5-8-18)28-21(19)9-6-10-23(28)29/h13,18-22H,3-12,14-15H2,1-2H3/t19-,20+,21+,22+/m1/s1. The summed E-state index contributed by atoms with van der Waals surface area (Å²) >= 11 is 0. The maximum Gasteiger partial charge on any atom is 0.223 e. The molecule has 1 saturated carbocycles. The van der Waals surface area contributed by atoms with Crippen molar-refractivity contribution < 1.29 is 4.79 Å². The van der Waals surface area contributed by atoms with Crippen molar-refractivity contribution in [3.63, 3.8) is 0 Å². The van der Waals surface area contributed by atoms with Crippen LogP contribution in [-0.2, 0) is 4.79 Å². The highest BCUT2D eigenvalue weighted by Crippen LogP contribution is 2.45. The first-order chi connectivity index (χ1) is 14.1. The predicted molar refractivity (Wildman–Crippen MR) is 115 cm³/mol. The van der Waals surface area contributed by atoms with Crippen molar-refractivity contribution in [1.82, 2.24) is 15.1 Å². The smallest absolute Gasteiger partial charge is 0.223 e. The van der Waals surface area contributed by atoms with E-state index in [1.165, 1.54) is 62.5 Å². The Morgan fingerprint density at radius 1 is 1.03 bits per heavy atom. The molecule has 4 atom stereocenters. The minimum absolute atomic E-state index is 0.438. The summed E-state index contributed by atoms with van der Waals surface area (Å²) < 4.78 is 0. The van der Waals surface area contributed by atoms with Crippen LogP contribution in [0.1, 0.15) is 75.3 Å². The van der Waals surface area contributed by atoms with Gasteiger partial charge in [-0.3, -0.25) is 4.79 Å². The monoisotopic (exact) mass is 396 g/mol. The number of hydrogen-bond acceptors (Lipinski definition) is 4. The average Bonchev–Trinajstić information content (AvgIpc) is 2.74. The molecule has 5 rings (SSSR count). The molecule has 0 spiro atoms. The minimum atomic E-state index is 0.438. The van der Waals surface area contributed by atoms with E-state index in [0.29, 0.717) is 29.8 Å². The van der Waals surface area contributed by atoms with Crippen LogP contribution in [0.2, 0.25) is 0 Å². The van der Waals surface area contributed by atoms with Gasteiger partial charge in [0.05, 0.1) is 6.20 Å². The lowest BCUT2D eigenvalue weighted by Gasteiger charge is -2.57. The van der Waals surface area contributed by atoms with Crippen molar-refractivity contribution >= 4 is 11.7 Å². The van der Waals surface area contributed by atoms with Crippen molar-refractivity contribution in [3.8, 4) is 0 Å². The van der Waals surface area contributed by atoms with E-state index in [2.05, 4.69) is 33.8 Å². The van der Waals surface area contributed by atoms with Gasteiger partial charge in [0.2, 0.25) is 5.91 Å². The number of fused-ring (bicyclic) bond motifs is 4. The van der Waals surface area contributed by atoms with Crippen LogP contribution in [0, 0.1) is 31.6 Å². The molecule has 3 saturated heterocycles. The predicted octanol–water partition coefficient (Wildman–Crippen LogP) is 4.27. The van der Waals surface area contributed by atoms with Crippen molar-refractivity contribution in [2.24, 2.45) is 17.8 Å². The van der Waals surface area contributed by atoms with Gasteiger partial charge in [-0.25, -0.2) is 0 Å². The Morgan fingerprint density at radius 2 is 1.83 bits per heavy atom. The molecule has 1 amide bonds. The number of carbonyl (C=O) groups excluding carboxylic acids is 1. The molecule has 4 aliphatic rings. The van der Waals surface area contributed by atoms with E-state index in [0.717, 1.165) is 37.7 Å². The molecule has 1 aromatic rings. The molecule has 0 aromatic carbocycles. The summed E-state index contributed by atoms with van der Waals surface area (Å²) in [6.07, 6.45) is 14.3. The van der Waals surface area contributed by atoms with Gasteiger partial charge in [-0.15, -0.1) is 5.10 Å². The molecular formula is C24H36N4O. The summed E-state index contributed by atoms with van der Waals surface area (Å²) in [6.45, 7) is 6.37. The topological polar surface area (TPSA) is 49.3 Å². The summed E-state index contributed by atoms with van der Waals surface area (Å²) in [6, 6.07) is 0.884. The molecule has 1 aromatic heterocycles. The normalized spacial score (nSPS) is 33.0. The van der Waals surface area contributed by atoms with Gasteiger partial charge < -0.3 is 9.80 Å². The van der Waals surface area contributed by atoms with Gasteiger partial charge >= 0.3 is 0 Å². The zero-order valence-electron chi connectivity index (χ0n) is 18.1. The fraction of sp³-hybridized carbons (Fsp3) is 0.792. The first-order valence-corrected chi connectivity index (χ1v) is 12.0. The number of anilines is 1. The third-order valence-corrected chi connectivity index (χ3v) is 8.43. The van der Waals surface area contributed by atoms with Gasteiger partial charge in [0, 0.05) is 31.6 Å². The molecule has 0 radical (unpaired) electrons. The molecule has 29 heavy (non-hydrogen) atoms. The summed E-state index contributed by atoms with van der Waals surface area (Å²) in [7, 11) is 0. The van der Waals surface area contributed by atoms with Gasteiger partial charge in [-0.2, -0.15) is 5.10 Å². The number of nitrogens with zero attached hydrogens (tertiary/aromatic N) is 4. The molecular weight excluding hydrogens is 360 g/mol. The molecule has 158 valence electrons. The number of piperidine rings is 3. The van der Waals surface area contributed by atoms with Crippen LogP contribution in [0.25, 0.3) is 0 Å². The molecule has 5 nitrogen and oxygen atoms in total. The second kappa shape index (κ2) is 7.88. The minimum Gasteiger partial charge on any atom is -0.354 e. The third kappa shape index (κ3) is 3.55. The maximum atomic E-state index is 13.1. The van der Waals surface area contributed by atoms with Crippen LogP contribution in [0.3, 0.4) is 0 Å². The quantitative estimate of drug-likeness (QED) is 0.766. The SMILES string of the molecule is Cc1cnnc(N2C[C@H]3C[C@@H](C2)[C@H](CC2CCCCC2)N2C(=O)CCC[C@@H]32)c1C. The van der Waals surface area contributed by atoms with E-state index >= 15 is 0 Å². The highest BCUT2D eigenvalue weighted by molar-refractivity contribution is 5.78. The Hall–Kier alpha value is -1.65. The van der Waals surface area contributed by atoms with E-state index in [1.807, 2.05) is 6.20 Å². The Kier molecular flexibility index (Phi) is 5.25. The Balaban J connectivity index is 1.44. The lowest BCUT2D eigenvalue weighted by Crippen LogP contribution is -2.65. The highest BCUT2D eigenvalue weighted by atomic mass is 16.2. The largest absolute Gasteiger partial charge is 0.354 e. The number of hydrogen-bond donors (Lipinski definition) is 0. The summed E-state index contributed by atoms with van der Waals surface area (Å²) in [5.74, 6) is 3.50. The zero-order valence-corrected chi connectivity index (χ0v) is 18.1. The van der Waals surface area contributed by atoms with Crippen LogP contribution >= 0.6 is 0 Å². The number of rotatable bonds is 3. The van der Waals surface area contributed by atoms with Crippen LogP contribution < -0.4 is 4.90 Å². The van der Waals surface area contributed by atoms with Gasteiger partial charge in [0.1, 0.15) is 0 Å². The Morgan fingerprint density at radius 3 is 2.66 bits per heavy atom. The van der Waals surface area contributed by atoms with Gasteiger partial charge in [0.15, 0.2) is 5.82 Å². The molecule has 5 heteroatoms. The van der Waals surface area contributed by atoms with Crippen molar-refractivity contribution in [1.29, 1.82) is 0 Å². The van der Waals surface area contributed by atoms with Crippen LogP contribution in [0.5, 0.6) is 0 Å². The van der Waals surface area contributed by atoms with Crippen LogP contribution in [0.4, 0.5) is 5.82 Å². The van der Waals surface area contributed by atoms with E-state index in [1.54, 1.807) is 0 Å². The van der Waals surface area contributed by atoms with Crippen molar-refractivity contribution in [2.45, 2.75) is 90.1 Å². The van der Waals surface area contributed by atoms with E-state index in [-0.39, 0.29) is 0 Å². The van der Waals surface area contributed by atoms with E-state index in [4.69, 9.17) is 0 Å². The van der Waals surface area contributed by atoms with Crippen LogP contribution in [0.15, 0.2) is 6.20 Å². The van der Waals surface area contributed by atoms with E-state index in [9.17, 15) is 4.79 Å². The second-order valence-electron chi connectivity index (χ2n) is 10.2. The number of amides is 1. The van der Waals surface area contributed by atoms with Crippen molar-refractivity contribution in [2.75, 3.05) is 18.0 Å². The summed E-state index contributed by atoms with van der Waals surface area (Å²) in [4.78, 5) is 18.0. The number of aryl methyl sites for hydroxylation is 1. The highest BCUT2D eigenvalue weighted by Gasteiger charge is 2.50. The molecule has 1 aliphatic carbocycles. The fourth-order valence-electron chi connectivity index (χ4n) is 6.83. The summed E-state index contributed by atoms with van der Waals surface area (Å²) in [5, 5.41) is 8.81. The Labute approximate surface area is 175 Å². The molecule has 0 N–H and O–H groups in total. The maximum absolute atomic E-state index is 13.1. The Bertz CT molecular complexity index is 759. The fourth-order valence-corrected chi connectivity index (χ4v) is 6.83. The molecule has 4 fully saturated rings. The zero-order chi connectivity index (χ0) is 20.0. The number of aromatic nitrogens is 2. The molecule has 3 aliphatic heterocycles. The molecule has 2 bridgehead atoms. The van der Waals surface area contributed by atoms with Gasteiger partial charge in [-0.05, 0) is 68.4 Å². The average molecular weight is 397 g/mol.